The summed E-state index contributed by atoms with van der Waals surface area (Å²) in [7, 11) is -20.0. The number of hydrogen-bond donors (Lipinski definition) is 0. The minimum atomic E-state index is -5.09. The molecule has 0 aromatic carbocycles. The topological polar surface area (TPSA) is 292 Å². The Hall–Kier alpha value is 2.69. The zero-order valence-corrected chi connectivity index (χ0v) is 51.7. The molecule has 0 aliphatic carbocycles. The van der Waals surface area contributed by atoms with Gasteiger partial charge in [0.15, 0.2) is 0 Å². The van der Waals surface area contributed by atoms with E-state index in [1.807, 2.05) is 0 Å². The van der Waals surface area contributed by atoms with Crippen LogP contribution >= 0.6 is 0 Å². The quantitative estimate of drug-likeness (QED) is 0.0468. The largest absolute Gasteiger partial charge is 1.00 e. The van der Waals surface area contributed by atoms with Crippen molar-refractivity contribution in [2.45, 2.75) is 236 Å². The molecule has 1 aliphatic rings. The first kappa shape index (κ1) is 75.2. The zero-order valence-electron chi connectivity index (χ0n) is 40.4. The van der Waals surface area contributed by atoms with Crippen molar-refractivity contribution in [1.82, 2.24) is 0 Å². The Morgan fingerprint density at radius 1 is 0.515 bits per heavy atom. The zero-order chi connectivity index (χ0) is 46.3. The molecule has 66 heavy (non-hydrogen) atoms. The Morgan fingerprint density at radius 2 is 0.864 bits per heavy atom. The van der Waals surface area contributed by atoms with Crippen molar-refractivity contribution in [1.29, 1.82) is 0 Å². The summed E-state index contributed by atoms with van der Waals surface area (Å²) in [5, 5.41) is 0. The molecule has 5 atom stereocenters. The van der Waals surface area contributed by atoms with Crippen LogP contribution in [0.3, 0.4) is 0 Å². The summed E-state index contributed by atoms with van der Waals surface area (Å²) in [6, 6.07) is 0. The van der Waals surface area contributed by atoms with E-state index < -0.39 is 78.1 Å². The Labute approximate surface area is 486 Å². The molecule has 0 saturated heterocycles. The van der Waals surface area contributed by atoms with Crippen molar-refractivity contribution in [2.75, 3.05) is 0 Å². The summed E-state index contributed by atoms with van der Waals surface area (Å²) in [6.45, 7) is 1.51. The fourth-order valence-electron chi connectivity index (χ4n) is 7.75. The van der Waals surface area contributed by atoms with Crippen LogP contribution in [-0.2, 0) is 67.9 Å². The first-order valence-electron chi connectivity index (χ1n) is 22.5. The molecule has 0 radical (unpaired) electrons. The number of ether oxygens (including phenoxy) is 1. The molecule has 0 amide bonds. The predicted molar refractivity (Wildman–Crippen MR) is 226 cm³/mol. The minimum Gasteiger partial charge on any atom is -0.726 e. The van der Waals surface area contributed by atoms with Gasteiger partial charge in [-0.05, 0) is 58.3 Å². The number of carbonyl (C=O) groups is 1. The third-order valence-electron chi connectivity index (χ3n) is 10.7. The van der Waals surface area contributed by atoms with Crippen LogP contribution in [0, 0.1) is 0 Å². The molecule has 1 aliphatic heterocycles. The Bertz CT molecular complexity index is 1670. The van der Waals surface area contributed by atoms with Crippen LogP contribution in [0.4, 0.5) is 0 Å². The fourth-order valence-corrected chi connectivity index (χ4v) is 9.77. The van der Waals surface area contributed by atoms with Crippen LogP contribution in [0.25, 0.3) is 0 Å². The maximum atomic E-state index is 12.9. The van der Waals surface area contributed by atoms with E-state index in [1.54, 1.807) is 6.08 Å². The van der Waals surface area contributed by atoms with Crippen LogP contribution in [0.15, 0.2) is 12.2 Å². The maximum absolute atomic E-state index is 12.9. The molecule has 0 saturated carbocycles. The standard InChI is InChI=1S/C40H76O18S4.4Na/c1-35(55-59(42,43)44)27-21-15-14-19-22-28-36-33-37(56-60(45,46)47)29-23-16-11-7-5-8-12-18-25-31-39(58-62(51,52)53)34-38(57-61(48,49)50)30-24-17-10-6-3-2-4-9-13-20-26-32-40(41)54-36;;;;/h26,32,35-39H,2-25,27-31,33-34H2,1H3,(H,42,43,44)(H,45,46,47)(H,48,49,50)(H,51,52,53);;;;/q;4*+1/p-4/b32-26+;;;;. The van der Waals surface area contributed by atoms with E-state index in [2.05, 4.69) is 4.18 Å². The number of hydrogen-bond acceptors (Lipinski definition) is 18. The van der Waals surface area contributed by atoms with Gasteiger partial charge in [0.2, 0.25) is 41.6 Å². The van der Waals surface area contributed by atoms with Crippen LogP contribution in [0.5, 0.6) is 0 Å². The van der Waals surface area contributed by atoms with Crippen LogP contribution < -0.4 is 118 Å². The minimum absolute atomic E-state index is 0. The summed E-state index contributed by atoms with van der Waals surface area (Å²) < 4.78 is 161. The molecule has 5 unspecified atom stereocenters. The average Bonchev–Trinajstić information content (AvgIpc) is 3.12. The molecule has 0 spiro atoms. The fraction of sp³-hybridized carbons (Fsp3) is 0.925. The second-order valence-corrected chi connectivity index (χ2v) is 20.5. The van der Waals surface area contributed by atoms with Crippen LogP contribution in [0.1, 0.15) is 206 Å². The molecule has 26 heteroatoms. The van der Waals surface area contributed by atoms with Crippen LogP contribution in [0.2, 0.25) is 0 Å². The Kier molecular flexibility index (Phi) is 50.2. The van der Waals surface area contributed by atoms with E-state index in [0.717, 1.165) is 109 Å². The third-order valence-corrected chi connectivity index (χ3v) is 12.8. The number of cyclic esters (lactones) is 1. The molecule has 1 heterocycles. The van der Waals surface area contributed by atoms with Gasteiger partial charge in [-0.3, -0.25) is 16.7 Å². The third kappa shape index (κ3) is 51.6. The SMILES string of the molecule is CC(CCCCCCCC1CC(OS(=O)(=O)[O-])CCCCCCCCCCCC(OS(=O)(=O)[O-])CC(OS(=O)(=O)[O-])CCCCCCCCCCC/C=C/C(=O)O1)OS(=O)(=O)[O-].[Na+].[Na+].[Na+].[Na+]. The molecule has 0 aromatic rings. The average molecular weight is 1060 g/mol. The summed E-state index contributed by atoms with van der Waals surface area (Å²) in [6.07, 6.45) is 18.6. The van der Waals surface area contributed by atoms with E-state index in [1.165, 1.54) is 13.0 Å². The predicted octanol–water partition coefficient (Wildman–Crippen LogP) is -4.02. The number of carbonyl (C=O) groups excluding carboxylic acids is 1. The van der Waals surface area contributed by atoms with Gasteiger partial charge in [0.05, 0.1) is 24.4 Å². The number of rotatable bonds is 16. The number of unbranched alkanes of at least 4 members (excludes halogenated alkanes) is 4. The monoisotopic (exact) mass is 1060 g/mol. The second-order valence-electron chi connectivity index (χ2n) is 16.5. The summed E-state index contributed by atoms with van der Waals surface area (Å²) in [5.41, 5.74) is 0. The summed E-state index contributed by atoms with van der Waals surface area (Å²) >= 11 is 0. The van der Waals surface area contributed by atoms with Crippen molar-refractivity contribution in [3.05, 3.63) is 12.2 Å². The molecule has 0 N–H and O–H groups in total. The molecule has 18 nitrogen and oxygen atoms in total. The van der Waals surface area contributed by atoms with Crippen molar-refractivity contribution < 1.29 is 196 Å². The van der Waals surface area contributed by atoms with Gasteiger partial charge in [-0.1, -0.05) is 141 Å². The number of allylic oxidation sites excluding steroid dienone is 1. The molecule has 368 valence electrons. The van der Waals surface area contributed by atoms with Gasteiger partial charge >= 0.3 is 124 Å². The van der Waals surface area contributed by atoms with Gasteiger partial charge < -0.3 is 22.9 Å². The Balaban J connectivity index is -0.00000480. The summed E-state index contributed by atoms with van der Waals surface area (Å²) in [5.74, 6) is -0.567. The van der Waals surface area contributed by atoms with Crippen molar-refractivity contribution in [2.24, 2.45) is 0 Å². The molecule has 0 aromatic heterocycles. The smallest absolute Gasteiger partial charge is 0.726 e. The van der Waals surface area contributed by atoms with Gasteiger partial charge in [-0.25, -0.2) is 38.5 Å². The molecular weight excluding hydrogens is 989 g/mol. The van der Waals surface area contributed by atoms with E-state index >= 15 is 0 Å². The molecule has 0 bridgehead atoms. The first-order valence-corrected chi connectivity index (χ1v) is 27.9. The van der Waals surface area contributed by atoms with Gasteiger partial charge in [0, 0.05) is 18.9 Å². The van der Waals surface area contributed by atoms with Gasteiger partial charge in [0.1, 0.15) is 6.10 Å². The van der Waals surface area contributed by atoms with Gasteiger partial charge in [-0.2, -0.15) is 0 Å². The van der Waals surface area contributed by atoms with E-state index in [0.29, 0.717) is 57.8 Å². The molecular formula is C40H72Na4O18S4. The first-order chi connectivity index (χ1) is 29.1. The van der Waals surface area contributed by atoms with Crippen LogP contribution in [-0.4, -0.2) is 88.4 Å². The van der Waals surface area contributed by atoms with Crippen molar-refractivity contribution in [3.63, 3.8) is 0 Å². The van der Waals surface area contributed by atoms with E-state index in [4.69, 9.17) is 17.3 Å². The summed E-state index contributed by atoms with van der Waals surface area (Å²) in [4.78, 5) is 12.9. The van der Waals surface area contributed by atoms with E-state index in [-0.39, 0.29) is 150 Å². The van der Waals surface area contributed by atoms with E-state index in [9.17, 15) is 56.7 Å². The van der Waals surface area contributed by atoms with Gasteiger partial charge in [0.25, 0.3) is 0 Å². The Morgan fingerprint density at radius 3 is 1.26 bits per heavy atom. The molecule has 1 rings (SSSR count). The maximum Gasteiger partial charge on any atom is 1.00 e. The van der Waals surface area contributed by atoms with Gasteiger partial charge in [-0.15, -0.1) is 0 Å². The van der Waals surface area contributed by atoms with Crippen molar-refractivity contribution in [3.8, 4) is 0 Å². The second kappa shape index (κ2) is 44.0. The van der Waals surface area contributed by atoms with Crippen molar-refractivity contribution >= 4 is 47.6 Å². The number of esters is 1. The molecule has 0 fully saturated rings. The normalized spacial score (nSPS) is 23.3.